The van der Waals surface area contributed by atoms with Crippen molar-refractivity contribution in [2.24, 2.45) is 0 Å². The van der Waals surface area contributed by atoms with Gasteiger partial charge >= 0.3 is 0 Å². The van der Waals surface area contributed by atoms with E-state index in [0.717, 1.165) is 4.85 Å². The number of hydrogen-bond donors (Lipinski definition) is 1. The molecule has 0 unspecified atom stereocenters. The van der Waals surface area contributed by atoms with Gasteiger partial charge in [-0.25, -0.2) is 4.63 Å². The SMILES string of the molecule is CC1(C)C=C([n+]2cc(=O)ccn2O)c2cc3nonc3cc2O1. The maximum Gasteiger partial charge on any atom is 0.251 e. The predicted octanol–water partition coefficient (Wildman–Crippen LogP) is 0.970. The summed E-state index contributed by atoms with van der Waals surface area (Å²) in [5.41, 5.74) is 1.53. The van der Waals surface area contributed by atoms with Gasteiger partial charge in [-0.3, -0.25) is 4.79 Å². The van der Waals surface area contributed by atoms with Crippen molar-refractivity contribution in [3.8, 4) is 5.75 Å². The number of fused-ring (bicyclic) bond motifs is 2. The maximum absolute atomic E-state index is 11.7. The highest BCUT2D eigenvalue weighted by molar-refractivity contribution is 5.82. The van der Waals surface area contributed by atoms with Crippen molar-refractivity contribution < 1.29 is 19.3 Å². The third-order valence-corrected chi connectivity index (χ3v) is 3.58. The van der Waals surface area contributed by atoms with Crippen LogP contribution in [-0.4, -0.2) is 26.0 Å². The van der Waals surface area contributed by atoms with E-state index < -0.39 is 5.60 Å². The number of benzene rings is 1. The van der Waals surface area contributed by atoms with Gasteiger partial charge < -0.3 is 9.94 Å². The van der Waals surface area contributed by atoms with Crippen LogP contribution in [0.3, 0.4) is 0 Å². The van der Waals surface area contributed by atoms with Crippen LogP contribution in [0.5, 0.6) is 5.75 Å². The Bertz CT molecular complexity index is 1020. The highest BCUT2D eigenvalue weighted by Crippen LogP contribution is 2.36. The molecular formula is C15H13N4O4+. The van der Waals surface area contributed by atoms with E-state index in [1.807, 2.05) is 19.9 Å². The Morgan fingerprint density at radius 2 is 2.00 bits per heavy atom. The monoisotopic (exact) mass is 313 g/mol. The normalized spacial score (nSPS) is 15.8. The number of hydrogen-bond acceptors (Lipinski definition) is 6. The molecule has 3 heterocycles. The van der Waals surface area contributed by atoms with Crippen LogP contribution in [0.15, 0.2) is 46.1 Å². The molecule has 0 fully saturated rings. The van der Waals surface area contributed by atoms with E-state index in [2.05, 4.69) is 10.3 Å². The first-order valence-corrected chi connectivity index (χ1v) is 6.96. The summed E-state index contributed by atoms with van der Waals surface area (Å²) in [6, 6.07) is 4.74. The van der Waals surface area contributed by atoms with Crippen LogP contribution in [0.25, 0.3) is 16.7 Å². The van der Waals surface area contributed by atoms with E-state index in [4.69, 9.17) is 9.37 Å². The molecule has 0 aliphatic carbocycles. The van der Waals surface area contributed by atoms with Gasteiger partial charge in [0.15, 0.2) is 0 Å². The zero-order valence-corrected chi connectivity index (χ0v) is 12.4. The summed E-state index contributed by atoms with van der Waals surface area (Å²) in [4.78, 5) is 12.5. The number of rotatable bonds is 1. The minimum absolute atomic E-state index is 0.230. The van der Waals surface area contributed by atoms with E-state index >= 15 is 0 Å². The number of ether oxygens (including phenoxy) is 1. The van der Waals surface area contributed by atoms with Crippen molar-refractivity contribution >= 4 is 16.7 Å². The molecule has 116 valence electrons. The Balaban J connectivity index is 2.03. The van der Waals surface area contributed by atoms with Gasteiger partial charge in [0.2, 0.25) is 11.1 Å². The van der Waals surface area contributed by atoms with Gasteiger partial charge in [-0.05, 0) is 34.9 Å². The van der Waals surface area contributed by atoms with Gasteiger partial charge in [0.05, 0.1) is 5.56 Å². The van der Waals surface area contributed by atoms with Crippen molar-refractivity contribution in [1.82, 2.24) is 15.2 Å². The fourth-order valence-corrected chi connectivity index (χ4v) is 2.62. The Hall–Kier alpha value is -3.16. The molecule has 0 radical (unpaired) electrons. The lowest BCUT2D eigenvalue weighted by Gasteiger charge is -2.28. The summed E-state index contributed by atoms with van der Waals surface area (Å²) in [5.74, 6) is 0.569. The molecule has 8 heteroatoms. The van der Waals surface area contributed by atoms with Crippen LogP contribution in [0.1, 0.15) is 19.4 Å². The fraction of sp³-hybridized carbons (Fsp3) is 0.200. The van der Waals surface area contributed by atoms with Crippen LogP contribution in [0, 0.1) is 0 Å². The van der Waals surface area contributed by atoms with E-state index in [-0.39, 0.29) is 5.43 Å². The summed E-state index contributed by atoms with van der Waals surface area (Å²) in [5, 5.41) is 17.7. The molecule has 0 spiro atoms. The maximum atomic E-state index is 11.7. The summed E-state index contributed by atoms with van der Waals surface area (Å²) < 4.78 is 12.0. The Labute approximate surface area is 129 Å². The summed E-state index contributed by atoms with van der Waals surface area (Å²) in [6.07, 6.45) is 4.39. The van der Waals surface area contributed by atoms with Crippen molar-refractivity contribution in [3.63, 3.8) is 0 Å². The van der Waals surface area contributed by atoms with E-state index in [9.17, 15) is 10.0 Å². The van der Waals surface area contributed by atoms with Gasteiger partial charge in [-0.1, -0.05) is 0 Å². The molecule has 0 amide bonds. The average Bonchev–Trinajstić information content (AvgIpc) is 2.93. The first kappa shape index (κ1) is 13.5. The molecule has 8 nitrogen and oxygen atoms in total. The van der Waals surface area contributed by atoms with E-state index in [0.29, 0.717) is 28.0 Å². The fourth-order valence-electron chi connectivity index (χ4n) is 2.62. The molecule has 0 atom stereocenters. The topological polar surface area (TPSA) is 94.3 Å². The molecule has 0 bridgehead atoms. The third-order valence-electron chi connectivity index (χ3n) is 3.58. The second-order valence-corrected chi connectivity index (χ2v) is 5.85. The summed E-state index contributed by atoms with van der Waals surface area (Å²) in [7, 11) is 0. The molecule has 1 aromatic carbocycles. The summed E-state index contributed by atoms with van der Waals surface area (Å²) in [6.45, 7) is 3.76. The zero-order chi connectivity index (χ0) is 16.2. The molecule has 1 aliphatic heterocycles. The molecule has 2 aromatic heterocycles. The van der Waals surface area contributed by atoms with Crippen LogP contribution >= 0.6 is 0 Å². The molecular weight excluding hydrogens is 300 g/mol. The van der Waals surface area contributed by atoms with Gasteiger partial charge in [0, 0.05) is 23.1 Å². The second kappa shape index (κ2) is 4.42. The van der Waals surface area contributed by atoms with Crippen LogP contribution < -0.4 is 14.8 Å². The van der Waals surface area contributed by atoms with Gasteiger partial charge in [-0.2, -0.15) is 0 Å². The second-order valence-electron chi connectivity index (χ2n) is 5.85. The lowest BCUT2D eigenvalue weighted by molar-refractivity contribution is -0.709. The van der Waals surface area contributed by atoms with Crippen molar-refractivity contribution in [2.45, 2.75) is 19.4 Å². The molecule has 1 aliphatic rings. The number of aromatic nitrogens is 4. The Morgan fingerprint density at radius 1 is 1.26 bits per heavy atom. The Kier molecular flexibility index (Phi) is 2.59. The smallest absolute Gasteiger partial charge is 0.251 e. The first-order valence-electron chi connectivity index (χ1n) is 6.96. The minimum Gasteiger partial charge on any atom is -0.483 e. The highest BCUT2D eigenvalue weighted by Gasteiger charge is 2.34. The lowest BCUT2D eigenvalue weighted by atomic mass is 9.98. The molecule has 4 rings (SSSR count). The highest BCUT2D eigenvalue weighted by atomic mass is 16.6. The standard InChI is InChI=1S/C15H13N4O4/c1-15(2)7-13(18-8-9(20)3-4-19(18)21)10-5-11-12(17-23-16-11)6-14(10)22-15/h3-8,21H,1-2H3/q+1. The van der Waals surface area contributed by atoms with Gasteiger partial charge in [-0.15, -0.1) is 0 Å². The predicted molar refractivity (Wildman–Crippen MR) is 78.0 cm³/mol. The van der Waals surface area contributed by atoms with Gasteiger partial charge in [0.25, 0.3) is 6.20 Å². The average molecular weight is 313 g/mol. The van der Waals surface area contributed by atoms with Crippen LogP contribution in [-0.2, 0) is 0 Å². The van der Waals surface area contributed by atoms with Crippen molar-refractivity contribution in [2.75, 3.05) is 0 Å². The zero-order valence-electron chi connectivity index (χ0n) is 12.4. The van der Waals surface area contributed by atoms with Crippen LogP contribution in [0.2, 0.25) is 0 Å². The van der Waals surface area contributed by atoms with Crippen LogP contribution in [0.4, 0.5) is 0 Å². The van der Waals surface area contributed by atoms with E-state index in [1.54, 1.807) is 12.1 Å². The quantitative estimate of drug-likeness (QED) is 0.531. The first-order chi connectivity index (χ1) is 10.9. The van der Waals surface area contributed by atoms with E-state index in [1.165, 1.54) is 23.1 Å². The largest absolute Gasteiger partial charge is 0.483 e. The van der Waals surface area contributed by atoms with Crippen molar-refractivity contribution in [1.29, 1.82) is 0 Å². The molecule has 0 saturated heterocycles. The molecule has 1 N–H and O–H groups in total. The Morgan fingerprint density at radius 3 is 2.78 bits per heavy atom. The van der Waals surface area contributed by atoms with Gasteiger partial charge in [0.1, 0.15) is 28.6 Å². The van der Waals surface area contributed by atoms with Crippen molar-refractivity contribution in [3.05, 3.63) is 52.5 Å². The third kappa shape index (κ3) is 2.15. The number of nitrogens with zero attached hydrogens (tertiary/aromatic N) is 4. The summed E-state index contributed by atoms with van der Waals surface area (Å²) >= 11 is 0. The lowest BCUT2D eigenvalue weighted by Crippen LogP contribution is -2.48. The molecule has 0 saturated carbocycles. The molecule has 23 heavy (non-hydrogen) atoms. The molecule has 3 aromatic rings. The minimum atomic E-state index is -0.633.